The van der Waals surface area contributed by atoms with Crippen molar-refractivity contribution in [2.45, 2.75) is 62.5 Å². The maximum Gasteiger partial charge on any atom is 0.586 e. The molecule has 0 aromatic heterocycles. The van der Waals surface area contributed by atoms with Crippen LogP contribution in [0.15, 0.2) is 66.7 Å². The van der Waals surface area contributed by atoms with Crippen LogP contribution in [-0.2, 0) is 12.0 Å². The van der Waals surface area contributed by atoms with Crippen LogP contribution in [0.25, 0.3) is 0 Å². The van der Waals surface area contributed by atoms with Crippen LogP contribution in [0.3, 0.4) is 0 Å². The largest absolute Gasteiger partial charge is 0.586 e. The molecule has 1 heterocycles. The van der Waals surface area contributed by atoms with Crippen molar-refractivity contribution >= 4 is 6.03 Å². The third-order valence-electron chi connectivity index (χ3n) is 7.10. The molecule has 0 bridgehead atoms. The summed E-state index contributed by atoms with van der Waals surface area (Å²) in [5, 5.41) is 5.64. The number of carbonyl (C=O) groups excluding carboxylic acids is 1. The van der Waals surface area contributed by atoms with Crippen LogP contribution in [0.5, 0.6) is 17.2 Å². The summed E-state index contributed by atoms with van der Waals surface area (Å²) in [6, 6.07) is 13.5. The monoisotopic (exact) mass is 598 g/mol. The average molecular weight is 599 g/mol. The van der Waals surface area contributed by atoms with Crippen LogP contribution in [0, 0.1) is 5.82 Å². The molecule has 42 heavy (non-hydrogen) atoms. The fourth-order valence-electron chi connectivity index (χ4n) is 5.23. The molecule has 0 spiro atoms. The second-order valence-corrected chi connectivity index (χ2v) is 10.1. The molecule has 1 fully saturated rings. The first-order valence-corrected chi connectivity index (χ1v) is 13.0. The summed E-state index contributed by atoms with van der Waals surface area (Å²) in [5.74, 6) is -2.80. The lowest BCUT2D eigenvalue weighted by Crippen LogP contribution is -2.53. The van der Waals surface area contributed by atoms with Gasteiger partial charge in [0.2, 0.25) is 0 Å². The highest BCUT2D eigenvalue weighted by atomic mass is 19.3. The highest BCUT2D eigenvalue weighted by Crippen LogP contribution is 2.45. The van der Waals surface area contributed by atoms with E-state index in [-0.39, 0.29) is 29.3 Å². The van der Waals surface area contributed by atoms with Crippen LogP contribution >= 0.6 is 0 Å². The zero-order valence-corrected chi connectivity index (χ0v) is 21.8. The van der Waals surface area contributed by atoms with Gasteiger partial charge in [-0.25, -0.2) is 9.18 Å². The molecule has 13 heteroatoms. The normalized spacial score (nSPS) is 17.6. The first-order valence-electron chi connectivity index (χ1n) is 13.0. The summed E-state index contributed by atoms with van der Waals surface area (Å²) < 4.78 is 110. The van der Waals surface area contributed by atoms with Crippen molar-refractivity contribution < 1.29 is 49.7 Å². The van der Waals surface area contributed by atoms with Gasteiger partial charge in [-0.05, 0) is 53.8 Å². The van der Waals surface area contributed by atoms with Crippen LogP contribution in [0.1, 0.15) is 42.4 Å². The molecule has 0 radical (unpaired) electrons. The van der Waals surface area contributed by atoms with Crippen molar-refractivity contribution in [1.29, 1.82) is 0 Å². The number of ether oxygens (including phenoxy) is 3. The summed E-state index contributed by atoms with van der Waals surface area (Å²) >= 11 is 0. The summed E-state index contributed by atoms with van der Waals surface area (Å²) in [7, 11) is 0. The minimum atomic E-state index is -4.95. The molecule has 6 nitrogen and oxygen atoms in total. The van der Waals surface area contributed by atoms with Gasteiger partial charge in [0, 0.05) is 18.5 Å². The SMILES string of the molecule is O=C(NC1CCCC1)NC(Cc1ccccc1)(c1cc(F)cc(OC(F)(F)C(F)F)c1)c1ccc2c(c1)OC(F)(F)O2. The molecule has 1 aliphatic carbocycles. The summed E-state index contributed by atoms with van der Waals surface area (Å²) in [6.07, 6.45) is -10.1. The van der Waals surface area contributed by atoms with E-state index in [2.05, 4.69) is 24.8 Å². The van der Waals surface area contributed by atoms with Gasteiger partial charge in [-0.1, -0.05) is 49.2 Å². The molecule has 1 aliphatic heterocycles. The van der Waals surface area contributed by atoms with E-state index >= 15 is 0 Å². The molecule has 2 N–H and O–H groups in total. The first kappa shape index (κ1) is 29.3. The predicted molar refractivity (Wildman–Crippen MR) is 135 cm³/mol. The summed E-state index contributed by atoms with van der Waals surface area (Å²) in [6.45, 7) is 0. The van der Waals surface area contributed by atoms with E-state index < -0.39 is 47.7 Å². The molecule has 0 saturated heterocycles. The number of rotatable bonds is 9. The van der Waals surface area contributed by atoms with Crippen LogP contribution < -0.4 is 24.8 Å². The van der Waals surface area contributed by atoms with Gasteiger partial charge in [0.05, 0.1) is 5.54 Å². The van der Waals surface area contributed by atoms with Gasteiger partial charge in [0.15, 0.2) is 11.5 Å². The Morgan fingerprint density at radius 2 is 1.64 bits per heavy atom. The van der Waals surface area contributed by atoms with Crippen molar-refractivity contribution in [1.82, 2.24) is 10.6 Å². The van der Waals surface area contributed by atoms with Gasteiger partial charge in [-0.2, -0.15) is 17.6 Å². The Balaban J connectivity index is 1.67. The third kappa shape index (κ3) is 6.34. The Bertz CT molecular complexity index is 1430. The summed E-state index contributed by atoms with van der Waals surface area (Å²) in [5.41, 5.74) is -1.41. The standard InChI is InChI=1S/C29H25F7N2O4/c30-20-12-19(13-22(15-20)40-28(33,34)25(31)32)27(16-17-6-2-1-3-7-17,38-26(39)37-21-8-4-5-9-21)18-10-11-23-24(14-18)42-29(35,36)41-23/h1-3,6-7,10-15,21,25H,4-5,8-9,16H2,(H2,37,38,39). The number of halogens is 7. The summed E-state index contributed by atoms with van der Waals surface area (Å²) in [4.78, 5) is 13.4. The molecule has 1 atom stereocenters. The number of fused-ring (bicyclic) bond motifs is 1. The zero-order valence-electron chi connectivity index (χ0n) is 21.8. The number of carbonyl (C=O) groups is 1. The Kier molecular flexibility index (Phi) is 7.86. The smallest absolute Gasteiger partial charge is 0.428 e. The minimum Gasteiger partial charge on any atom is -0.428 e. The van der Waals surface area contributed by atoms with Gasteiger partial charge < -0.3 is 24.8 Å². The fourth-order valence-corrected chi connectivity index (χ4v) is 5.23. The Morgan fingerprint density at radius 1 is 0.952 bits per heavy atom. The number of urea groups is 1. The highest BCUT2D eigenvalue weighted by molar-refractivity contribution is 5.77. The third-order valence-corrected chi connectivity index (χ3v) is 7.10. The number of nitrogens with one attached hydrogen (secondary N) is 2. The molecule has 1 saturated carbocycles. The van der Waals surface area contributed by atoms with Crippen LogP contribution in [-0.4, -0.2) is 30.9 Å². The highest BCUT2D eigenvalue weighted by Gasteiger charge is 2.47. The van der Waals surface area contributed by atoms with Gasteiger partial charge in [-0.15, -0.1) is 8.78 Å². The molecule has 5 rings (SSSR count). The molecular weight excluding hydrogens is 573 g/mol. The Morgan fingerprint density at radius 3 is 2.33 bits per heavy atom. The minimum absolute atomic E-state index is 0.0742. The maximum atomic E-state index is 15.0. The number of amides is 2. The number of hydrogen-bond acceptors (Lipinski definition) is 4. The number of hydrogen-bond donors (Lipinski definition) is 2. The lowest BCUT2D eigenvalue weighted by atomic mass is 9.77. The van der Waals surface area contributed by atoms with Crippen LogP contribution in [0.2, 0.25) is 0 Å². The van der Waals surface area contributed by atoms with E-state index in [9.17, 15) is 35.5 Å². The second kappa shape index (κ2) is 11.3. The quantitative estimate of drug-likeness (QED) is 0.258. The zero-order chi connectivity index (χ0) is 30.1. The second-order valence-electron chi connectivity index (χ2n) is 10.1. The van der Waals surface area contributed by atoms with E-state index in [1.54, 1.807) is 30.3 Å². The van der Waals surface area contributed by atoms with E-state index in [0.717, 1.165) is 37.1 Å². The average Bonchev–Trinajstić information content (AvgIpc) is 3.53. The molecule has 3 aromatic carbocycles. The molecule has 2 amide bonds. The lowest BCUT2D eigenvalue weighted by molar-refractivity contribution is -0.286. The van der Waals surface area contributed by atoms with Crippen molar-refractivity contribution in [2.24, 2.45) is 0 Å². The first-order chi connectivity index (χ1) is 19.8. The topological polar surface area (TPSA) is 68.8 Å². The molecule has 1 unspecified atom stereocenters. The van der Waals surface area contributed by atoms with Gasteiger partial charge >= 0.3 is 24.9 Å². The Labute approximate surface area is 235 Å². The van der Waals surface area contributed by atoms with Gasteiger partial charge in [0.1, 0.15) is 11.6 Å². The van der Waals surface area contributed by atoms with Crippen molar-refractivity contribution in [3.63, 3.8) is 0 Å². The number of alkyl halides is 6. The number of benzene rings is 3. The lowest BCUT2D eigenvalue weighted by Gasteiger charge is -2.37. The van der Waals surface area contributed by atoms with Crippen LogP contribution in [0.4, 0.5) is 35.5 Å². The van der Waals surface area contributed by atoms with Crippen molar-refractivity contribution in [3.05, 3.63) is 89.2 Å². The van der Waals surface area contributed by atoms with Gasteiger partial charge in [0.25, 0.3) is 0 Å². The molecular formula is C29H25F7N2O4. The maximum absolute atomic E-state index is 15.0. The van der Waals surface area contributed by atoms with Crippen molar-refractivity contribution in [3.8, 4) is 17.2 Å². The fraction of sp³-hybridized carbons (Fsp3) is 0.345. The molecule has 2 aliphatic rings. The van der Waals surface area contributed by atoms with E-state index in [4.69, 9.17) is 0 Å². The molecule has 3 aromatic rings. The van der Waals surface area contributed by atoms with E-state index in [1.807, 2.05) is 0 Å². The molecule has 224 valence electrons. The van der Waals surface area contributed by atoms with Gasteiger partial charge in [-0.3, -0.25) is 0 Å². The predicted octanol–water partition coefficient (Wildman–Crippen LogP) is 7.11. The van der Waals surface area contributed by atoms with Crippen molar-refractivity contribution in [2.75, 3.05) is 0 Å². The van der Waals surface area contributed by atoms with E-state index in [1.165, 1.54) is 6.07 Å². The van der Waals surface area contributed by atoms with E-state index in [0.29, 0.717) is 24.5 Å². The Hall–Kier alpha value is -4.16.